The molecule has 174 valence electrons. The molecule has 33 heavy (non-hydrogen) atoms. The third-order valence-electron chi connectivity index (χ3n) is 5.75. The molecule has 0 aliphatic heterocycles. The lowest BCUT2D eigenvalue weighted by atomic mass is 10.2. The molecule has 1 N–H and O–H groups in total. The number of thioether (sulfide) groups is 1. The summed E-state index contributed by atoms with van der Waals surface area (Å²) in [6.45, 7) is 1.35. The third kappa shape index (κ3) is 5.17. The van der Waals surface area contributed by atoms with E-state index in [9.17, 15) is 4.79 Å². The average molecular weight is 467 g/mol. The van der Waals surface area contributed by atoms with Crippen LogP contribution in [0.3, 0.4) is 0 Å². The fraction of sp³-hybridized carbons (Fsp3) is 0.360. The molecule has 0 unspecified atom stereocenters. The Morgan fingerprint density at radius 1 is 1.15 bits per heavy atom. The van der Waals surface area contributed by atoms with Gasteiger partial charge in [0.1, 0.15) is 11.6 Å². The normalized spacial score (nSPS) is 12.3. The van der Waals surface area contributed by atoms with Crippen LogP contribution in [0.2, 0.25) is 0 Å². The van der Waals surface area contributed by atoms with Crippen LogP contribution in [-0.2, 0) is 23.1 Å². The van der Waals surface area contributed by atoms with Gasteiger partial charge in [-0.25, -0.2) is 4.98 Å². The van der Waals surface area contributed by atoms with Crippen LogP contribution in [-0.4, -0.2) is 52.4 Å². The van der Waals surface area contributed by atoms with Crippen molar-refractivity contribution >= 4 is 39.6 Å². The molecule has 8 heteroatoms. The van der Waals surface area contributed by atoms with E-state index in [-0.39, 0.29) is 18.6 Å². The molecule has 4 aromatic rings. The van der Waals surface area contributed by atoms with Gasteiger partial charge < -0.3 is 23.9 Å². The number of aromatic nitrogens is 3. The monoisotopic (exact) mass is 466 g/mol. The van der Waals surface area contributed by atoms with Gasteiger partial charge in [0, 0.05) is 32.3 Å². The Morgan fingerprint density at radius 2 is 1.97 bits per heavy atom. The van der Waals surface area contributed by atoms with Crippen molar-refractivity contribution in [1.82, 2.24) is 19.4 Å². The van der Waals surface area contributed by atoms with Crippen LogP contribution >= 0.6 is 11.8 Å². The lowest BCUT2D eigenvalue weighted by Crippen LogP contribution is -2.34. The molecule has 0 radical (unpaired) electrons. The molecular weight excluding hydrogens is 436 g/mol. The van der Waals surface area contributed by atoms with Crippen LogP contribution in [0.4, 0.5) is 0 Å². The fourth-order valence-corrected chi connectivity index (χ4v) is 4.53. The molecule has 0 aliphatic carbocycles. The predicted octanol–water partition coefficient (Wildman–Crippen LogP) is 4.16. The minimum Gasteiger partial charge on any atom is -0.483 e. The van der Waals surface area contributed by atoms with Crippen LogP contribution in [0, 0.1) is 0 Å². The first-order valence-corrected chi connectivity index (χ1v) is 12.4. The Morgan fingerprint density at radius 3 is 2.76 bits per heavy atom. The number of para-hydroxylation sites is 2. The molecule has 0 bridgehead atoms. The summed E-state index contributed by atoms with van der Waals surface area (Å²) < 4.78 is 15.3. The molecule has 7 nitrogen and oxygen atoms in total. The maximum atomic E-state index is 12.9. The van der Waals surface area contributed by atoms with Crippen LogP contribution in [0.5, 0.6) is 5.75 Å². The predicted molar refractivity (Wildman–Crippen MR) is 134 cm³/mol. The number of ether oxygens (including phenoxy) is 2. The SMILES string of the molecule is COCCn1ccc2c(OCC(=O)N[C@@H](CCSC)c3nc4ccccc4n3C)cccc21. The number of nitrogens with zero attached hydrogens (tertiary/aromatic N) is 3. The molecule has 4 rings (SSSR count). The van der Waals surface area contributed by atoms with Gasteiger partial charge in [0.2, 0.25) is 0 Å². The number of carbonyl (C=O) groups is 1. The second-order valence-electron chi connectivity index (χ2n) is 7.90. The van der Waals surface area contributed by atoms with Crippen molar-refractivity contribution in [2.24, 2.45) is 7.05 Å². The quantitative estimate of drug-likeness (QED) is 0.359. The first-order valence-electron chi connectivity index (χ1n) is 11.0. The zero-order valence-corrected chi connectivity index (χ0v) is 20.1. The Kier molecular flexibility index (Phi) is 7.57. The number of methoxy groups -OCH3 is 1. The molecule has 0 saturated carbocycles. The highest BCUT2D eigenvalue weighted by molar-refractivity contribution is 7.98. The van der Waals surface area contributed by atoms with Crippen molar-refractivity contribution in [2.75, 3.05) is 32.3 Å². The molecule has 0 spiro atoms. The Balaban J connectivity index is 1.47. The highest BCUT2D eigenvalue weighted by Gasteiger charge is 2.21. The number of nitrogens with one attached hydrogen (secondary N) is 1. The van der Waals surface area contributed by atoms with Crippen LogP contribution in [0.25, 0.3) is 21.9 Å². The molecule has 1 atom stereocenters. The number of hydrogen-bond acceptors (Lipinski definition) is 5. The van der Waals surface area contributed by atoms with Crippen molar-refractivity contribution in [3.63, 3.8) is 0 Å². The number of imidazole rings is 1. The zero-order chi connectivity index (χ0) is 23.2. The van der Waals surface area contributed by atoms with E-state index in [0.29, 0.717) is 12.4 Å². The van der Waals surface area contributed by atoms with Crippen molar-refractivity contribution in [3.8, 4) is 5.75 Å². The van der Waals surface area contributed by atoms with E-state index < -0.39 is 0 Å². The molecule has 0 aliphatic rings. The van der Waals surface area contributed by atoms with Gasteiger partial charge in [-0.1, -0.05) is 18.2 Å². The number of hydrogen-bond donors (Lipinski definition) is 1. The summed E-state index contributed by atoms with van der Waals surface area (Å²) >= 11 is 1.75. The second kappa shape index (κ2) is 10.8. The van der Waals surface area contributed by atoms with Gasteiger partial charge in [-0.15, -0.1) is 0 Å². The largest absolute Gasteiger partial charge is 0.483 e. The van der Waals surface area contributed by atoms with Gasteiger partial charge in [-0.3, -0.25) is 4.79 Å². The first kappa shape index (κ1) is 23.2. The van der Waals surface area contributed by atoms with Gasteiger partial charge >= 0.3 is 0 Å². The Hall–Kier alpha value is -2.97. The highest BCUT2D eigenvalue weighted by atomic mass is 32.2. The highest BCUT2D eigenvalue weighted by Crippen LogP contribution is 2.27. The van der Waals surface area contributed by atoms with Crippen molar-refractivity contribution in [3.05, 3.63) is 60.6 Å². The topological polar surface area (TPSA) is 70.3 Å². The van der Waals surface area contributed by atoms with Crippen molar-refractivity contribution < 1.29 is 14.3 Å². The zero-order valence-electron chi connectivity index (χ0n) is 19.3. The van der Waals surface area contributed by atoms with Crippen molar-refractivity contribution in [1.29, 1.82) is 0 Å². The molecular formula is C25H30N4O3S. The van der Waals surface area contributed by atoms with Gasteiger partial charge in [0.25, 0.3) is 5.91 Å². The smallest absolute Gasteiger partial charge is 0.258 e. The van der Waals surface area contributed by atoms with E-state index in [0.717, 1.165) is 46.5 Å². The van der Waals surface area contributed by atoms with E-state index in [2.05, 4.69) is 20.7 Å². The average Bonchev–Trinajstić information content (AvgIpc) is 3.40. The number of benzene rings is 2. The lowest BCUT2D eigenvalue weighted by Gasteiger charge is -2.19. The van der Waals surface area contributed by atoms with Gasteiger partial charge in [-0.05, 0) is 48.8 Å². The molecule has 1 amide bonds. The van der Waals surface area contributed by atoms with Gasteiger partial charge in [-0.2, -0.15) is 11.8 Å². The molecule has 2 aromatic heterocycles. The summed E-state index contributed by atoms with van der Waals surface area (Å²) in [5, 5.41) is 4.12. The van der Waals surface area contributed by atoms with E-state index in [1.165, 1.54) is 0 Å². The third-order valence-corrected chi connectivity index (χ3v) is 6.39. The standard InChI is InChI=1S/C25H30N4O3S/c1-28-22-8-5-4-7-19(22)27-25(28)20(12-16-33-3)26-24(30)17-32-23-10-6-9-21-18(23)11-13-29(21)14-15-31-2/h4-11,13,20H,12,14-17H2,1-3H3,(H,26,30)/t20-/m0/s1. The van der Waals surface area contributed by atoms with E-state index in [4.69, 9.17) is 14.5 Å². The maximum absolute atomic E-state index is 12.9. The number of aryl methyl sites for hydroxylation is 1. The Labute approximate surface area is 198 Å². The molecule has 2 aromatic carbocycles. The molecule has 2 heterocycles. The minimum absolute atomic E-state index is 0.0535. The van der Waals surface area contributed by atoms with Gasteiger partial charge in [0.15, 0.2) is 6.61 Å². The van der Waals surface area contributed by atoms with E-state index in [1.807, 2.05) is 61.8 Å². The molecule has 0 fully saturated rings. The summed E-state index contributed by atoms with van der Waals surface area (Å²) in [4.78, 5) is 17.7. The molecule has 0 saturated heterocycles. The second-order valence-corrected chi connectivity index (χ2v) is 8.88. The Bertz CT molecular complexity index is 1230. The number of rotatable bonds is 11. The van der Waals surface area contributed by atoms with Crippen LogP contribution in [0.15, 0.2) is 54.7 Å². The van der Waals surface area contributed by atoms with E-state index >= 15 is 0 Å². The number of amides is 1. The van der Waals surface area contributed by atoms with Crippen molar-refractivity contribution in [2.45, 2.75) is 19.0 Å². The summed E-state index contributed by atoms with van der Waals surface area (Å²) in [6.07, 6.45) is 4.87. The minimum atomic E-state index is -0.183. The number of fused-ring (bicyclic) bond motifs is 2. The summed E-state index contributed by atoms with van der Waals surface area (Å²) in [5.41, 5.74) is 3.04. The first-order chi connectivity index (χ1) is 16.1. The van der Waals surface area contributed by atoms with Crippen LogP contribution in [0.1, 0.15) is 18.3 Å². The summed E-state index contributed by atoms with van der Waals surface area (Å²) in [5.74, 6) is 2.31. The van der Waals surface area contributed by atoms with E-state index in [1.54, 1.807) is 18.9 Å². The van der Waals surface area contributed by atoms with Crippen LogP contribution < -0.4 is 10.1 Å². The maximum Gasteiger partial charge on any atom is 0.258 e. The fourth-order valence-electron chi connectivity index (χ4n) is 4.06. The summed E-state index contributed by atoms with van der Waals surface area (Å²) in [7, 11) is 3.69. The summed E-state index contributed by atoms with van der Waals surface area (Å²) in [6, 6.07) is 15.7. The lowest BCUT2D eigenvalue weighted by molar-refractivity contribution is -0.123. The number of carbonyl (C=O) groups excluding carboxylic acids is 1. The van der Waals surface area contributed by atoms with Gasteiger partial charge in [0.05, 0.1) is 29.2 Å².